The first-order chi connectivity index (χ1) is 8.39. The summed E-state index contributed by atoms with van der Waals surface area (Å²) in [6.45, 7) is 2.18. The molecule has 2 rings (SSSR count). The number of halogens is 1. The van der Waals surface area contributed by atoms with Gasteiger partial charge in [-0.25, -0.2) is 18.4 Å². The fourth-order valence-corrected chi connectivity index (χ4v) is 4.88. The number of hydrogen-bond acceptors (Lipinski definition) is 6. The molecule has 0 bridgehead atoms. The molecule has 0 amide bonds. The smallest absolute Gasteiger partial charge is 0.250 e. The predicted octanol–water partition coefficient (Wildman–Crippen LogP) is 2.38. The van der Waals surface area contributed by atoms with Crippen LogP contribution in [-0.2, 0) is 16.6 Å². The first-order valence-corrected chi connectivity index (χ1v) is 8.33. The molecule has 2 aromatic rings. The second kappa shape index (κ2) is 5.22. The summed E-state index contributed by atoms with van der Waals surface area (Å²) in [5.74, 6) is 0. The second-order valence-electron chi connectivity index (χ2n) is 3.54. The zero-order chi connectivity index (χ0) is 13.3. The van der Waals surface area contributed by atoms with Crippen LogP contribution in [0.15, 0.2) is 16.6 Å². The largest absolute Gasteiger partial charge is 0.254 e. The lowest BCUT2D eigenvalue weighted by molar-refractivity contribution is 0.471. The van der Waals surface area contributed by atoms with Crippen LogP contribution in [0.4, 0.5) is 0 Å². The zero-order valence-corrected chi connectivity index (χ0v) is 12.8. The Morgan fingerprint density at radius 3 is 2.56 bits per heavy atom. The summed E-state index contributed by atoms with van der Waals surface area (Å²) >= 11 is 8.08. The van der Waals surface area contributed by atoms with Crippen LogP contribution in [0.1, 0.15) is 9.88 Å². The van der Waals surface area contributed by atoms with E-state index in [4.69, 9.17) is 11.6 Å². The molecule has 0 aliphatic heterocycles. The van der Waals surface area contributed by atoms with Crippen LogP contribution in [0.25, 0.3) is 0 Å². The van der Waals surface area contributed by atoms with Crippen molar-refractivity contribution in [2.45, 2.75) is 17.7 Å². The van der Waals surface area contributed by atoms with Gasteiger partial charge in [0.05, 0.1) is 11.2 Å². The fourth-order valence-electron chi connectivity index (χ4n) is 1.29. The molecule has 0 saturated heterocycles. The molecule has 2 aromatic heterocycles. The number of thiazole rings is 2. The van der Waals surface area contributed by atoms with Crippen molar-refractivity contribution in [2.24, 2.45) is 0 Å². The van der Waals surface area contributed by atoms with Crippen molar-refractivity contribution in [3.63, 3.8) is 0 Å². The molecule has 0 aliphatic rings. The summed E-state index contributed by atoms with van der Waals surface area (Å²) in [5, 5.41) is 0.914. The van der Waals surface area contributed by atoms with Crippen LogP contribution in [-0.4, -0.2) is 29.7 Å². The van der Waals surface area contributed by atoms with Crippen LogP contribution >= 0.6 is 34.3 Å². The molecule has 0 N–H and O–H groups in total. The molecule has 0 aliphatic carbocycles. The lowest BCUT2D eigenvalue weighted by Crippen LogP contribution is -2.25. The number of rotatable bonds is 4. The van der Waals surface area contributed by atoms with E-state index in [1.165, 1.54) is 28.9 Å². The summed E-state index contributed by atoms with van der Waals surface area (Å²) in [4.78, 5) is 8.74. The Morgan fingerprint density at radius 1 is 1.33 bits per heavy atom. The minimum atomic E-state index is -3.52. The van der Waals surface area contributed by atoms with Crippen LogP contribution in [0.3, 0.4) is 0 Å². The second-order valence-corrected chi connectivity index (χ2v) is 8.74. The lowest BCUT2D eigenvalue weighted by Gasteiger charge is -2.14. The molecule has 0 radical (unpaired) electrons. The van der Waals surface area contributed by atoms with Crippen molar-refractivity contribution in [3.8, 4) is 0 Å². The molecule has 18 heavy (non-hydrogen) atoms. The van der Waals surface area contributed by atoms with E-state index >= 15 is 0 Å². The Balaban J connectivity index is 2.20. The quantitative estimate of drug-likeness (QED) is 0.866. The van der Waals surface area contributed by atoms with Gasteiger partial charge in [0.15, 0.2) is 8.68 Å². The van der Waals surface area contributed by atoms with E-state index in [1.807, 2.05) is 6.92 Å². The first-order valence-electron chi connectivity index (χ1n) is 4.88. The average molecular weight is 324 g/mol. The van der Waals surface area contributed by atoms with Crippen molar-refractivity contribution in [3.05, 3.63) is 26.7 Å². The van der Waals surface area contributed by atoms with Crippen LogP contribution < -0.4 is 0 Å². The number of hydrogen-bond donors (Lipinski definition) is 0. The Morgan fingerprint density at radius 2 is 2.06 bits per heavy atom. The average Bonchev–Trinajstić information content (AvgIpc) is 2.88. The molecular weight excluding hydrogens is 314 g/mol. The van der Waals surface area contributed by atoms with Crippen LogP contribution in [0, 0.1) is 6.92 Å². The summed E-state index contributed by atoms with van der Waals surface area (Å²) in [5.41, 5.74) is 0. The highest BCUT2D eigenvalue weighted by atomic mass is 35.5. The number of sulfonamides is 1. The number of nitrogens with zero attached hydrogens (tertiary/aromatic N) is 3. The van der Waals surface area contributed by atoms with E-state index in [0.717, 1.165) is 21.2 Å². The highest BCUT2D eigenvalue weighted by Crippen LogP contribution is 2.26. The monoisotopic (exact) mass is 323 g/mol. The van der Waals surface area contributed by atoms with Crippen molar-refractivity contribution >= 4 is 44.3 Å². The summed E-state index contributed by atoms with van der Waals surface area (Å²) in [7, 11) is -2.00. The third-order valence-electron chi connectivity index (χ3n) is 2.17. The van der Waals surface area contributed by atoms with Gasteiger partial charge in [-0.05, 0) is 6.92 Å². The van der Waals surface area contributed by atoms with Crippen molar-refractivity contribution < 1.29 is 8.42 Å². The van der Waals surface area contributed by atoms with E-state index in [2.05, 4.69) is 9.97 Å². The Bertz CT molecular complexity index is 650. The van der Waals surface area contributed by atoms with E-state index in [-0.39, 0.29) is 8.68 Å². The molecule has 2 heterocycles. The van der Waals surface area contributed by atoms with E-state index in [0.29, 0.717) is 6.54 Å². The fraction of sp³-hybridized carbons (Fsp3) is 0.333. The maximum absolute atomic E-state index is 12.2. The highest BCUT2D eigenvalue weighted by Gasteiger charge is 2.24. The van der Waals surface area contributed by atoms with Gasteiger partial charge in [-0.15, -0.1) is 11.3 Å². The molecule has 0 fully saturated rings. The zero-order valence-electron chi connectivity index (χ0n) is 9.62. The van der Waals surface area contributed by atoms with Gasteiger partial charge >= 0.3 is 0 Å². The summed E-state index contributed by atoms with van der Waals surface area (Å²) < 4.78 is 26.0. The minimum Gasteiger partial charge on any atom is -0.250 e. The lowest BCUT2D eigenvalue weighted by atomic mass is 10.5. The molecule has 0 spiro atoms. The molecule has 0 atom stereocenters. The number of aryl methyl sites for hydroxylation is 1. The Labute approximate surface area is 118 Å². The predicted molar refractivity (Wildman–Crippen MR) is 72.6 cm³/mol. The maximum Gasteiger partial charge on any atom is 0.254 e. The van der Waals surface area contributed by atoms with Gasteiger partial charge in [0.25, 0.3) is 10.0 Å². The van der Waals surface area contributed by atoms with Gasteiger partial charge in [-0.1, -0.05) is 22.9 Å². The van der Waals surface area contributed by atoms with E-state index in [1.54, 1.807) is 6.20 Å². The molecule has 0 aromatic carbocycles. The van der Waals surface area contributed by atoms with E-state index < -0.39 is 10.0 Å². The molecule has 9 heteroatoms. The van der Waals surface area contributed by atoms with Gasteiger partial charge in [0.2, 0.25) is 0 Å². The number of aromatic nitrogens is 2. The maximum atomic E-state index is 12.2. The van der Waals surface area contributed by atoms with Crippen molar-refractivity contribution in [1.29, 1.82) is 0 Å². The third kappa shape index (κ3) is 2.89. The molecular formula is C9H10ClN3O2S3. The first kappa shape index (κ1) is 13.9. The normalized spacial score (nSPS) is 12.2. The third-order valence-corrected chi connectivity index (χ3v) is 6.42. The van der Waals surface area contributed by atoms with Crippen molar-refractivity contribution in [2.75, 3.05) is 7.05 Å². The molecule has 0 saturated carbocycles. The molecule has 98 valence electrons. The van der Waals surface area contributed by atoms with Crippen LogP contribution in [0.2, 0.25) is 4.47 Å². The Kier molecular flexibility index (Phi) is 4.02. The van der Waals surface area contributed by atoms with E-state index in [9.17, 15) is 8.42 Å². The van der Waals surface area contributed by atoms with Gasteiger partial charge in [0.1, 0.15) is 0 Å². The molecule has 5 nitrogen and oxygen atoms in total. The Hall–Kier alpha value is -0.540. The van der Waals surface area contributed by atoms with Gasteiger partial charge < -0.3 is 0 Å². The van der Waals surface area contributed by atoms with Gasteiger partial charge in [0, 0.05) is 24.7 Å². The summed E-state index contributed by atoms with van der Waals surface area (Å²) in [6.07, 6.45) is 2.96. The minimum absolute atomic E-state index is 0.149. The summed E-state index contributed by atoms with van der Waals surface area (Å²) in [6, 6.07) is 0. The standard InChI is InChI=1S/C9H10ClN3O2S3/c1-6-11-3-7(16-6)5-13(2)18(14,15)8-4-12-9(10)17-8/h3-4H,5H2,1-2H3. The highest BCUT2D eigenvalue weighted by molar-refractivity contribution is 7.91. The van der Waals surface area contributed by atoms with Gasteiger partial charge in [-0.3, -0.25) is 0 Å². The van der Waals surface area contributed by atoms with Gasteiger partial charge in [-0.2, -0.15) is 4.31 Å². The van der Waals surface area contributed by atoms with Crippen LogP contribution in [0.5, 0.6) is 0 Å². The van der Waals surface area contributed by atoms with Crippen molar-refractivity contribution in [1.82, 2.24) is 14.3 Å². The topological polar surface area (TPSA) is 63.2 Å². The SMILES string of the molecule is Cc1ncc(CN(C)S(=O)(=O)c2cnc(Cl)s2)s1. The molecule has 0 unspecified atom stereocenters.